The molecule has 7 heteroatoms. The molecular weight excluding hydrogens is 418 g/mol. The number of furan rings is 1. The Labute approximate surface area is 194 Å². The summed E-state index contributed by atoms with van der Waals surface area (Å²) in [6.45, 7) is 1.85. The highest BCUT2D eigenvalue weighted by atomic mass is 16.5. The van der Waals surface area contributed by atoms with Crippen LogP contribution in [0.5, 0.6) is 5.75 Å². The Morgan fingerprint density at radius 3 is 2.52 bits per heavy atom. The van der Waals surface area contributed by atoms with Crippen molar-refractivity contribution >= 4 is 22.8 Å². The van der Waals surface area contributed by atoms with Crippen molar-refractivity contribution in [3.05, 3.63) is 65.4 Å². The molecule has 0 atom stereocenters. The number of amides is 2. The van der Waals surface area contributed by atoms with Gasteiger partial charge in [0.1, 0.15) is 11.3 Å². The number of ether oxygens (including phenoxy) is 1. The quantitative estimate of drug-likeness (QED) is 0.598. The van der Waals surface area contributed by atoms with Crippen molar-refractivity contribution in [2.75, 3.05) is 34.3 Å². The number of fused-ring (bicyclic) bond motifs is 1. The SMILES string of the molecule is COc1ccccc1CC(=O)N1CCC(NC(=O)c2oc3ccccc3c2CN(C)C)CC1. The van der Waals surface area contributed by atoms with Gasteiger partial charge in [-0.25, -0.2) is 0 Å². The second-order valence-corrected chi connectivity index (χ2v) is 8.76. The van der Waals surface area contributed by atoms with Crippen LogP contribution in [0.1, 0.15) is 34.5 Å². The fourth-order valence-corrected chi connectivity index (χ4v) is 4.40. The highest BCUT2D eigenvalue weighted by Crippen LogP contribution is 2.27. The minimum absolute atomic E-state index is 0.00762. The summed E-state index contributed by atoms with van der Waals surface area (Å²) in [6.07, 6.45) is 1.74. The van der Waals surface area contributed by atoms with Crippen molar-refractivity contribution in [2.45, 2.75) is 31.8 Å². The lowest BCUT2D eigenvalue weighted by atomic mass is 10.0. The maximum atomic E-state index is 13.1. The predicted molar refractivity (Wildman–Crippen MR) is 127 cm³/mol. The average molecular weight is 450 g/mol. The Balaban J connectivity index is 1.37. The van der Waals surface area contributed by atoms with Crippen molar-refractivity contribution in [1.82, 2.24) is 15.1 Å². The molecular formula is C26H31N3O4. The van der Waals surface area contributed by atoms with Crippen LogP contribution >= 0.6 is 0 Å². The molecule has 1 N–H and O–H groups in total. The third kappa shape index (κ3) is 5.20. The Hall–Kier alpha value is -3.32. The Morgan fingerprint density at radius 1 is 1.09 bits per heavy atom. The second-order valence-electron chi connectivity index (χ2n) is 8.76. The standard InChI is InChI=1S/C26H31N3O4/c1-28(2)17-21-20-9-5-7-11-23(20)33-25(21)26(31)27-19-12-14-29(15-13-19)24(30)16-18-8-4-6-10-22(18)32-3/h4-11,19H,12-17H2,1-3H3,(H,27,31). The Morgan fingerprint density at radius 2 is 1.79 bits per heavy atom. The molecule has 2 aromatic carbocycles. The maximum Gasteiger partial charge on any atom is 0.287 e. The number of hydrogen-bond acceptors (Lipinski definition) is 5. The van der Waals surface area contributed by atoms with E-state index in [2.05, 4.69) is 5.32 Å². The number of nitrogens with zero attached hydrogens (tertiary/aromatic N) is 2. The van der Waals surface area contributed by atoms with E-state index >= 15 is 0 Å². The average Bonchev–Trinajstić information content (AvgIpc) is 3.18. The first-order valence-corrected chi connectivity index (χ1v) is 11.3. The third-order valence-corrected chi connectivity index (χ3v) is 6.10. The molecule has 2 amide bonds. The molecule has 4 rings (SSSR count). The van der Waals surface area contributed by atoms with Crippen LogP contribution in [0, 0.1) is 0 Å². The van der Waals surface area contributed by atoms with E-state index < -0.39 is 0 Å². The van der Waals surface area contributed by atoms with Crippen LogP contribution in [0.2, 0.25) is 0 Å². The van der Waals surface area contributed by atoms with Gasteiger partial charge < -0.3 is 24.3 Å². The zero-order valence-corrected chi connectivity index (χ0v) is 19.5. The number of hydrogen-bond donors (Lipinski definition) is 1. The first kappa shape index (κ1) is 22.9. The zero-order valence-electron chi connectivity index (χ0n) is 19.5. The Kier molecular flexibility index (Phi) is 6.99. The summed E-state index contributed by atoms with van der Waals surface area (Å²) in [4.78, 5) is 29.8. The minimum atomic E-state index is -0.193. The smallest absolute Gasteiger partial charge is 0.287 e. The van der Waals surface area contributed by atoms with Crippen molar-refractivity contribution in [1.29, 1.82) is 0 Å². The maximum absolute atomic E-state index is 13.1. The molecule has 0 radical (unpaired) electrons. The normalized spacial score (nSPS) is 14.6. The van der Waals surface area contributed by atoms with E-state index in [1.165, 1.54) is 0 Å². The summed E-state index contributed by atoms with van der Waals surface area (Å²) in [5.41, 5.74) is 2.51. The van der Waals surface area contributed by atoms with Gasteiger partial charge >= 0.3 is 0 Å². The highest BCUT2D eigenvalue weighted by Gasteiger charge is 2.27. The summed E-state index contributed by atoms with van der Waals surface area (Å²) < 4.78 is 11.3. The number of likely N-dealkylation sites (tertiary alicyclic amines) is 1. The van der Waals surface area contributed by atoms with Gasteiger partial charge in [0.15, 0.2) is 5.76 Å². The number of nitrogens with one attached hydrogen (secondary N) is 1. The molecule has 174 valence electrons. The summed E-state index contributed by atoms with van der Waals surface area (Å²) in [5, 5.41) is 4.09. The summed E-state index contributed by atoms with van der Waals surface area (Å²) in [6, 6.07) is 15.3. The van der Waals surface area contributed by atoms with Crippen molar-refractivity contribution in [3.8, 4) is 5.75 Å². The molecule has 0 saturated carbocycles. The molecule has 1 fully saturated rings. The molecule has 1 aromatic heterocycles. The van der Waals surface area contributed by atoms with E-state index in [0.717, 1.165) is 27.8 Å². The van der Waals surface area contributed by atoms with Crippen LogP contribution < -0.4 is 10.1 Å². The fourth-order valence-electron chi connectivity index (χ4n) is 4.40. The van der Waals surface area contributed by atoms with E-state index in [1.807, 2.05) is 72.4 Å². The van der Waals surface area contributed by atoms with Crippen LogP contribution in [0.4, 0.5) is 0 Å². The molecule has 1 saturated heterocycles. The molecule has 0 aliphatic carbocycles. The van der Waals surface area contributed by atoms with Gasteiger partial charge in [-0.05, 0) is 39.1 Å². The van der Waals surface area contributed by atoms with Gasteiger partial charge in [-0.15, -0.1) is 0 Å². The van der Waals surface area contributed by atoms with E-state index in [9.17, 15) is 9.59 Å². The monoisotopic (exact) mass is 449 g/mol. The van der Waals surface area contributed by atoms with Crippen molar-refractivity contribution in [3.63, 3.8) is 0 Å². The van der Waals surface area contributed by atoms with Crippen LogP contribution in [-0.2, 0) is 17.8 Å². The number of benzene rings is 2. The van der Waals surface area contributed by atoms with Gasteiger partial charge in [0, 0.05) is 42.2 Å². The summed E-state index contributed by atoms with van der Waals surface area (Å²) in [5.74, 6) is 0.989. The fraction of sp³-hybridized carbons (Fsp3) is 0.385. The zero-order chi connectivity index (χ0) is 23.4. The van der Waals surface area contributed by atoms with Crippen molar-refractivity contribution in [2.24, 2.45) is 0 Å². The number of piperidine rings is 1. The highest BCUT2D eigenvalue weighted by molar-refractivity contribution is 5.99. The topological polar surface area (TPSA) is 75.0 Å². The third-order valence-electron chi connectivity index (χ3n) is 6.10. The Bertz CT molecular complexity index is 1130. The van der Waals surface area contributed by atoms with Crippen LogP contribution in [0.25, 0.3) is 11.0 Å². The molecule has 7 nitrogen and oxygen atoms in total. The number of para-hydroxylation sites is 2. The van der Waals surface area contributed by atoms with E-state index in [4.69, 9.17) is 9.15 Å². The molecule has 33 heavy (non-hydrogen) atoms. The number of carbonyl (C=O) groups is 2. The van der Waals surface area contributed by atoms with Gasteiger partial charge in [-0.1, -0.05) is 36.4 Å². The lowest BCUT2D eigenvalue weighted by molar-refractivity contribution is -0.131. The largest absolute Gasteiger partial charge is 0.496 e. The van der Waals surface area contributed by atoms with E-state index in [0.29, 0.717) is 44.7 Å². The van der Waals surface area contributed by atoms with Crippen molar-refractivity contribution < 1.29 is 18.7 Å². The second kappa shape index (κ2) is 10.1. The van der Waals surface area contributed by atoms with Crippen LogP contribution in [-0.4, -0.2) is 62.0 Å². The first-order valence-electron chi connectivity index (χ1n) is 11.3. The number of rotatable bonds is 7. The number of methoxy groups -OCH3 is 1. The molecule has 1 aliphatic rings. The van der Waals surface area contributed by atoms with E-state index in [1.54, 1.807) is 7.11 Å². The summed E-state index contributed by atoms with van der Waals surface area (Å²) in [7, 11) is 5.56. The van der Waals surface area contributed by atoms with Gasteiger partial charge in [0.25, 0.3) is 5.91 Å². The molecule has 0 spiro atoms. The van der Waals surface area contributed by atoms with Crippen LogP contribution in [0.15, 0.2) is 52.9 Å². The van der Waals surface area contributed by atoms with Gasteiger partial charge in [-0.2, -0.15) is 0 Å². The first-order chi connectivity index (χ1) is 16.0. The van der Waals surface area contributed by atoms with Gasteiger partial charge in [0.2, 0.25) is 5.91 Å². The lowest BCUT2D eigenvalue weighted by Crippen LogP contribution is -2.47. The molecule has 1 aliphatic heterocycles. The predicted octanol–water partition coefficient (Wildman–Crippen LogP) is 3.47. The molecule has 2 heterocycles. The van der Waals surface area contributed by atoms with E-state index in [-0.39, 0.29) is 17.9 Å². The molecule has 0 unspecified atom stereocenters. The molecule has 3 aromatic rings. The lowest BCUT2D eigenvalue weighted by Gasteiger charge is -2.32. The molecule has 0 bridgehead atoms. The number of carbonyl (C=O) groups excluding carboxylic acids is 2. The van der Waals surface area contributed by atoms with Crippen LogP contribution in [0.3, 0.4) is 0 Å². The summed E-state index contributed by atoms with van der Waals surface area (Å²) >= 11 is 0. The minimum Gasteiger partial charge on any atom is -0.496 e. The van der Waals surface area contributed by atoms with Gasteiger partial charge in [-0.3, -0.25) is 9.59 Å². The van der Waals surface area contributed by atoms with Gasteiger partial charge in [0.05, 0.1) is 13.5 Å².